The molecule has 192 valence electrons. The molecule has 0 amide bonds. The summed E-state index contributed by atoms with van der Waals surface area (Å²) in [6.07, 6.45) is 0. The van der Waals surface area contributed by atoms with Crippen molar-refractivity contribution in [3.63, 3.8) is 0 Å². The topological polar surface area (TPSA) is 29.5 Å². The predicted molar refractivity (Wildman–Crippen MR) is 171 cm³/mol. The number of furan rings is 2. The van der Waals surface area contributed by atoms with Crippen molar-refractivity contribution in [1.29, 1.82) is 0 Å². The van der Waals surface area contributed by atoms with E-state index in [2.05, 4.69) is 120 Å². The van der Waals surface area contributed by atoms with Crippen LogP contribution in [0.3, 0.4) is 0 Å². The van der Waals surface area contributed by atoms with Crippen LogP contribution in [0.25, 0.3) is 65.4 Å². The number of para-hydroxylation sites is 3. The first-order valence-corrected chi connectivity index (χ1v) is 13.9. The van der Waals surface area contributed by atoms with E-state index in [0.29, 0.717) is 0 Å². The van der Waals surface area contributed by atoms with Gasteiger partial charge in [-0.3, -0.25) is 0 Å². The number of rotatable bonds is 3. The summed E-state index contributed by atoms with van der Waals surface area (Å²) in [5.74, 6) is 0. The molecule has 2 heterocycles. The third kappa shape index (κ3) is 3.33. The summed E-state index contributed by atoms with van der Waals surface area (Å²) >= 11 is 0. The van der Waals surface area contributed by atoms with Crippen LogP contribution in [0.1, 0.15) is 0 Å². The van der Waals surface area contributed by atoms with Gasteiger partial charge in [-0.1, -0.05) is 78.9 Å². The number of hydrogen-bond acceptors (Lipinski definition) is 3. The van der Waals surface area contributed by atoms with Crippen LogP contribution in [0.5, 0.6) is 0 Å². The van der Waals surface area contributed by atoms with Crippen molar-refractivity contribution in [3.05, 3.63) is 140 Å². The first kappa shape index (κ1) is 22.3. The number of hydrogen-bond donors (Lipinski definition) is 0. The Bertz CT molecular complexity index is 2430. The molecule has 0 bridgehead atoms. The summed E-state index contributed by atoms with van der Waals surface area (Å²) in [4.78, 5) is 2.33. The number of benzene rings is 7. The summed E-state index contributed by atoms with van der Waals surface area (Å²) in [6, 6.07) is 49.0. The summed E-state index contributed by atoms with van der Waals surface area (Å²) in [5, 5.41) is 9.32. The second-order valence-corrected chi connectivity index (χ2v) is 10.6. The fourth-order valence-electron chi connectivity index (χ4n) is 6.36. The summed E-state index contributed by atoms with van der Waals surface area (Å²) < 4.78 is 12.4. The van der Waals surface area contributed by atoms with Gasteiger partial charge in [0.2, 0.25) is 0 Å². The first-order valence-electron chi connectivity index (χ1n) is 13.9. The molecule has 3 nitrogen and oxygen atoms in total. The van der Waals surface area contributed by atoms with Gasteiger partial charge in [-0.15, -0.1) is 0 Å². The molecule has 0 saturated heterocycles. The van der Waals surface area contributed by atoms with Crippen molar-refractivity contribution in [2.45, 2.75) is 0 Å². The lowest BCUT2D eigenvalue weighted by atomic mass is 9.99. The van der Waals surface area contributed by atoms with Gasteiger partial charge in [-0.25, -0.2) is 0 Å². The monoisotopic (exact) mass is 525 g/mol. The van der Waals surface area contributed by atoms with Gasteiger partial charge >= 0.3 is 0 Å². The van der Waals surface area contributed by atoms with Crippen molar-refractivity contribution in [3.8, 4) is 0 Å². The van der Waals surface area contributed by atoms with Crippen LogP contribution >= 0.6 is 0 Å². The van der Waals surface area contributed by atoms with Gasteiger partial charge in [0.15, 0.2) is 0 Å². The van der Waals surface area contributed by atoms with E-state index in [0.717, 1.165) is 60.9 Å². The predicted octanol–water partition coefficient (Wildman–Crippen LogP) is 11.3. The molecule has 41 heavy (non-hydrogen) atoms. The largest absolute Gasteiger partial charge is 0.456 e. The zero-order chi connectivity index (χ0) is 26.9. The third-order valence-corrected chi connectivity index (χ3v) is 8.21. The zero-order valence-electron chi connectivity index (χ0n) is 22.0. The Labute approximate surface area is 235 Å². The van der Waals surface area contributed by atoms with E-state index < -0.39 is 0 Å². The summed E-state index contributed by atoms with van der Waals surface area (Å²) in [7, 11) is 0. The van der Waals surface area contributed by atoms with Crippen molar-refractivity contribution in [1.82, 2.24) is 0 Å². The van der Waals surface area contributed by atoms with Crippen LogP contribution in [0, 0.1) is 0 Å². The molecule has 0 aliphatic carbocycles. The van der Waals surface area contributed by atoms with Gasteiger partial charge in [0, 0.05) is 27.5 Å². The van der Waals surface area contributed by atoms with E-state index in [-0.39, 0.29) is 0 Å². The van der Waals surface area contributed by atoms with Crippen LogP contribution in [0.4, 0.5) is 17.1 Å². The second-order valence-electron chi connectivity index (χ2n) is 10.6. The molecule has 0 aliphatic rings. The lowest BCUT2D eigenvalue weighted by Crippen LogP contribution is -2.10. The Kier molecular flexibility index (Phi) is 4.61. The van der Waals surface area contributed by atoms with Crippen molar-refractivity contribution in [2.24, 2.45) is 0 Å². The third-order valence-electron chi connectivity index (χ3n) is 8.21. The highest BCUT2D eigenvalue weighted by molar-refractivity contribution is 6.17. The maximum atomic E-state index is 6.26. The molecule has 2 aromatic heterocycles. The standard InChI is InChI=1S/C38H23NO2/c1-2-9-26(10-3-1)39(33-13-8-16-36-38(33)30-12-5-7-15-35(30)40-36)27-19-20-28-24(21-27)17-18-25-22-37-32(23-31(25)28)29-11-4-6-14-34(29)41-37/h1-23H. The van der Waals surface area contributed by atoms with E-state index in [9.17, 15) is 0 Å². The van der Waals surface area contributed by atoms with Gasteiger partial charge in [0.25, 0.3) is 0 Å². The fraction of sp³-hybridized carbons (Fsp3) is 0. The Hall–Kier alpha value is -5.54. The fourth-order valence-corrected chi connectivity index (χ4v) is 6.36. The van der Waals surface area contributed by atoms with E-state index >= 15 is 0 Å². The first-order chi connectivity index (χ1) is 20.3. The number of nitrogens with zero attached hydrogens (tertiary/aromatic N) is 1. The number of fused-ring (bicyclic) bond motifs is 9. The normalized spacial score (nSPS) is 11.9. The van der Waals surface area contributed by atoms with E-state index in [1.165, 1.54) is 21.5 Å². The molecule has 0 unspecified atom stereocenters. The zero-order valence-corrected chi connectivity index (χ0v) is 22.0. The molecule has 3 heteroatoms. The second kappa shape index (κ2) is 8.48. The SMILES string of the molecule is c1ccc(N(c2ccc3c(ccc4cc5oc6ccccc6c5cc43)c2)c2cccc3oc4ccccc4c23)cc1. The molecule has 0 atom stereocenters. The maximum Gasteiger partial charge on any atom is 0.137 e. The van der Waals surface area contributed by atoms with Crippen LogP contribution in [-0.2, 0) is 0 Å². The van der Waals surface area contributed by atoms with E-state index in [4.69, 9.17) is 8.83 Å². The molecule has 0 radical (unpaired) electrons. The van der Waals surface area contributed by atoms with Gasteiger partial charge < -0.3 is 13.7 Å². The van der Waals surface area contributed by atoms with Crippen LogP contribution < -0.4 is 4.90 Å². The van der Waals surface area contributed by atoms with Gasteiger partial charge in [0.05, 0.1) is 11.1 Å². The molecule has 0 N–H and O–H groups in total. The molecular formula is C38H23NO2. The van der Waals surface area contributed by atoms with E-state index in [1.54, 1.807) is 0 Å². The lowest BCUT2D eigenvalue weighted by Gasteiger charge is -2.26. The molecule has 7 aromatic carbocycles. The van der Waals surface area contributed by atoms with Gasteiger partial charge in [-0.05, 0) is 82.2 Å². The maximum absolute atomic E-state index is 6.26. The molecular weight excluding hydrogens is 502 g/mol. The molecule has 9 aromatic rings. The van der Waals surface area contributed by atoms with E-state index in [1.807, 2.05) is 24.3 Å². The Balaban J connectivity index is 1.29. The lowest BCUT2D eigenvalue weighted by molar-refractivity contribution is 0.669. The van der Waals surface area contributed by atoms with Gasteiger partial charge in [-0.2, -0.15) is 0 Å². The smallest absolute Gasteiger partial charge is 0.137 e. The molecule has 0 saturated carbocycles. The van der Waals surface area contributed by atoms with Crippen molar-refractivity contribution < 1.29 is 8.83 Å². The molecule has 0 fully saturated rings. The number of anilines is 3. The highest BCUT2D eigenvalue weighted by atomic mass is 16.3. The van der Waals surface area contributed by atoms with Crippen molar-refractivity contribution >= 4 is 82.5 Å². The minimum atomic E-state index is 0.882. The Morgan fingerprint density at radius 2 is 1.05 bits per heavy atom. The minimum Gasteiger partial charge on any atom is -0.456 e. The quantitative estimate of drug-likeness (QED) is 0.215. The average molecular weight is 526 g/mol. The van der Waals surface area contributed by atoms with Gasteiger partial charge in [0.1, 0.15) is 22.3 Å². The Morgan fingerprint density at radius 1 is 0.366 bits per heavy atom. The highest BCUT2D eigenvalue weighted by Gasteiger charge is 2.19. The Morgan fingerprint density at radius 3 is 1.90 bits per heavy atom. The summed E-state index contributed by atoms with van der Waals surface area (Å²) in [6.45, 7) is 0. The molecule has 0 spiro atoms. The minimum absolute atomic E-state index is 0.882. The van der Waals surface area contributed by atoms with Crippen LogP contribution in [0.2, 0.25) is 0 Å². The molecule has 0 aliphatic heterocycles. The van der Waals surface area contributed by atoms with Crippen LogP contribution in [-0.4, -0.2) is 0 Å². The average Bonchev–Trinajstić information content (AvgIpc) is 3.59. The van der Waals surface area contributed by atoms with Crippen molar-refractivity contribution in [2.75, 3.05) is 4.90 Å². The highest BCUT2D eigenvalue weighted by Crippen LogP contribution is 2.44. The molecule has 9 rings (SSSR count). The van der Waals surface area contributed by atoms with Crippen LogP contribution in [0.15, 0.2) is 148 Å². The summed E-state index contributed by atoms with van der Waals surface area (Å²) in [5.41, 5.74) is 6.89.